The second-order valence-electron chi connectivity index (χ2n) is 4.96. The normalized spacial score (nSPS) is 19.6. The minimum Gasteiger partial charge on any atom is -0.391 e. The predicted molar refractivity (Wildman–Crippen MR) is 79.2 cm³/mol. The molecule has 5 atom stereocenters. The summed E-state index contributed by atoms with van der Waals surface area (Å²) in [6, 6.07) is -0.870. The van der Waals surface area contributed by atoms with Crippen LogP contribution in [0.1, 0.15) is 34.1 Å². The molecule has 0 aliphatic heterocycles. The van der Waals surface area contributed by atoms with Crippen molar-refractivity contribution in [3.8, 4) is 0 Å². The van der Waals surface area contributed by atoms with Gasteiger partial charge in [0.15, 0.2) is 11.1 Å². The average Bonchev–Trinajstić information content (AvgIpc) is 2.23. The molecular formula is C11H24N2O4S2. The lowest BCUT2D eigenvalue weighted by molar-refractivity contribution is -0.125. The molecule has 114 valence electrons. The predicted octanol–water partition coefficient (Wildman–Crippen LogP) is 0.311. The lowest BCUT2D eigenvalue weighted by atomic mass is 10.1. The molecule has 0 spiro atoms. The minimum atomic E-state index is -2.15. The Bertz CT molecular complexity index is 311. The van der Waals surface area contributed by atoms with Crippen molar-refractivity contribution in [3.63, 3.8) is 0 Å². The van der Waals surface area contributed by atoms with Crippen LogP contribution in [0.25, 0.3) is 0 Å². The molecule has 0 heterocycles. The summed E-state index contributed by atoms with van der Waals surface area (Å²) in [4.78, 5) is 12.0. The highest BCUT2D eigenvalue weighted by Gasteiger charge is 2.28. The van der Waals surface area contributed by atoms with E-state index in [9.17, 15) is 18.7 Å². The second-order valence-corrected chi connectivity index (χ2v) is 6.86. The molecule has 0 radical (unpaired) electrons. The Hall–Kier alpha value is -0.150. The van der Waals surface area contributed by atoms with E-state index in [1.165, 1.54) is 6.92 Å². The van der Waals surface area contributed by atoms with Crippen LogP contribution in [0.4, 0.5) is 0 Å². The minimum absolute atomic E-state index is 0.170. The van der Waals surface area contributed by atoms with E-state index in [-0.39, 0.29) is 11.3 Å². The highest BCUT2D eigenvalue weighted by molar-refractivity contribution is 7.80. The van der Waals surface area contributed by atoms with Crippen molar-refractivity contribution in [1.82, 2.24) is 10.6 Å². The molecule has 19 heavy (non-hydrogen) atoms. The van der Waals surface area contributed by atoms with Gasteiger partial charge in [-0.3, -0.25) is 10.1 Å². The molecule has 0 saturated heterocycles. The molecule has 0 fully saturated rings. The molecule has 0 saturated carbocycles. The summed E-state index contributed by atoms with van der Waals surface area (Å²) in [5, 5.41) is 13.7. The van der Waals surface area contributed by atoms with Crippen molar-refractivity contribution in [1.29, 1.82) is 0 Å². The molecule has 8 heteroatoms. The van der Waals surface area contributed by atoms with Crippen LogP contribution in [0.5, 0.6) is 0 Å². The maximum Gasteiger partial charge on any atom is 0.240 e. The molecule has 0 aliphatic rings. The van der Waals surface area contributed by atoms with Crippen LogP contribution < -0.4 is 10.6 Å². The maximum absolute atomic E-state index is 12.0. The molecular weight excluding hydrogens is 288 g/mol. The largest absolute Gasteiger partial charge is 0.391 e. The summed E-state index contributed by atoms with van der Waals surface area (Å²) < 4.78 is 20.4. The first-order valence-electron chi connectivity index (χ1n) is 6.17. The van der Waals surface area contributed by atoms with Crippen molar-refractivity contribution >= 4 is 29.6 Å². The van der Waals surface area contributed by atoms with Gasteiger partial charge in [-0.05, 0) is 26.2 Å². The number of hydrogen-bond donors (Lipinski definition) is 5. The van der Waals surface area contributed by atoms with Crippen LogP contribution in [-0.4, -0.2) is 42.7 Å². The number of carbonyl (C=O) groups excluding carboxylic acids is 1. The van der Waals surface area contributed by atoms with E-state index in [1.54, 1.807) is 6.92 Å². The van der Waals surface area contributed by atoms with Crippen molar-refractivity contribution < 1.29 is 18.7 Å². The van der Waals surface area contributed by atoms with Gasteiger partial charge < -0.3 is 15.0 Å². The molecule has 0 aromatic heterocycles. The van der Waals surface area contributed by atoms with Gasteiger partial charge >= 0.3 is 0 Å². The molecule has 6 nitrogen and oxygen atoms in total. The van der Waals surface area contributed by atoms with Crippen molar-refractivity contribution in [3.05, 3.63) is 0 Å². The fourth-order valence-electron chi connectivity index (χ4n) is 1.56. The van der Waals surface area contributed by atoms with Gasteiger partial charge in [0.25, 0.3) is 0 Å². The number of aliphatic hydroxyl groups excluding tert-OH is 1. The molecule has 0 rings (SSSR count). The summed E-state index contributed by atoms with van der Waals surface area (Å²) >= 11 is 1.95. The van der Waals surface area contributed by atoms with Gasteiger partial charge in [0.2, 0.25) is 5.91 Å². The van der Waals surface area contributed by atoms with E-state index in [0.717, 1.165) is 0 Å². The summed E-state index contributed by atoms with van der Waals surface area (Å²) in [7, 11) is 0. The van der Waals surface area contributed by atoms with Crippen LogP contribution in [0, 0.1) is 5.92 Å². The molecule has 1 amide bonds. The van der Waals surface area contributed by atoms with Crippen LogP contribution in [0.15, 0.2) is 0 Å². The standard InChI is InChI=1S/C11H24N2O4S2/c1-6(2)5-9(19(16)17)13-11(15)10(7(3)14)12-8(4)18/h6-10,12,14,18H,5H2,1-4H3,(H,13,15)(H,16,17)/t7-,8?,9-,10+/m1/s1. The van der Waals surface area contributed by atoms with E-state index >= 15 is 0 Å². The van der Waals surface area contributed by atoms with Gasteiger partial charge in [0.05, 0.1) is 6.10 Å². The highest BCUT2D eigenvalue weighted by Crippen LogP contribution is 2.08. The quantitative estimate of drug-likeness (QED) is 0.252. The fourth-order valence-corrected chi connectivity index (χ4v) is 2.49. The number of thiol groups is 1. The van der Waals surface area contributed by atoms with Crippen molar-refractivity contribution in [2.24, 2.45) is 5.92 Å². The average molecular weight is 312 g/mol. The molecule has 0 aromatic carbocycles. The first kappa shape index (κ1) is 18.9. The van der Waals surface area contributed by atoms with E-state index < -0.39 is 34.5 Å². The zero-order valence-electron chi connectivity index (χ0n) is 11.7. The van der Waals surface area contributed by atoms with Gasteiger partial charge in [0, 0.05) is 5.37 Å². The summed E-state index contributed by atoms with van der Waals surface area (Å²) in [5.74, 6) is -0.341. The topological polar surface area (TPSA) is 98.7 Å². The zero-order valence-corrected chi connectivity index (χ0v) is 13.4. The van der Waals surface area contributed by atoms with E-state index in [0.29, 0.717) is 6.42 Å². The monoisotopic (exact) mass is 312 g/mol. The molecule has 2 unspecified atom stereocenters. The Morgan fingerprint density at radius 3 is 2.16 bits per heavy atom. The van der Waals surface area contributed by atoms with Crippen LogP contribution in [-0.2, 0) is 15.9 Å². The smallest absolute Gasteiger partial charge is 0.240 e. The van der Waals surface area contributed by atoms with Gasteiger partial charge in [-0.1, -0.05) is 13.8 Å². The third kappa shape index (κ3) is 7.88. The van der Waals surface area contributed by atoms with Gasteiger partial charge in [-0.25, -0.2) is 4.21 Å². The lowest BCUT2D eigenvalue weighted by Gasteiger charge is -2.25. The number of hydrogen-bond acceptors (Lipinski definition) is 5. The van der Waals surface area contributed by atoms with Crippen molar-refractivity contribution in [2.75, 3.05) is 0 Å². The van der Waals surface area contributed by atoms with Crippen LogP contribution in [0.2, 0.25) is 0 Å². The number of rotatable bonds is 8. The Morgan fingerprint density at radius 2 is 1.84 bits per heavy atom. The first-order valence-corrected chi connectivity index (χ1v) is 7.86. The number of carbonyl (C=O) groups is 1. The zero-order chi connectivity index (χ0) is 15.2. The van der Waals surface area contributed by atoms with E-state index in [4.69, 9.17) is 0 Å². The molecule has 0 bridgehead atoms. The van der Waals surface area contributed by atoms with Crippen molar-refractivity contribution in [2.45, 2.75) is 57.0 Å². The number of amides is 1. The third-order valence-electron chi connectivity index (χ3n) is 2.42. The van der Waals surface area contributed by atoms with E-state index in [1.807, 2.05) is 13.8 Å². The SMILES string of the molecule is CC(C)C[C@H](NC(=O)[C@@H](NC(C)S)[C@@H](C)O)S(=O)O. The number of nitrogens with one attached hydrogen (secondary N) is 2. The van der Waals surface area contributed by atoms with Gasteiger partial charge in [-0.15, -0.1) is 0 Å². The number of aliphatic hydroxyl groups is 1. The molecule has 0 aromatic rings. The third-order valence-corrected chi connectivity index (χ3v) is 3.36. The summed E-state index contributed by atoms with van der Waals surface area (Å²) in [6.07, 6.45) is -0.543. The summed E-state index contributed by atoms with van der Waals surface area (Å²) in [6.45, 7) is 6.99. The molecule has 0 aliphatic carbocycles. The second kappa shape index (κ2) is 8.91. The lowest BCUT2D eigenvalue weighted by Crippen LogP contribution is -2.55. The van der Waals surface area contributed by atoms with E-state index in [2.05, 4.69) is 23.3 Å². The molecule has 4 N–H and O–H groups in total. The Morgan fingerprint density at radius 1 is 1.32 bits per heavy atom. The maximum atomic E-state index is 12.0. The highest BCUT2D eigenvalue weighted by atomic mass is 32.2. The Kier molecular flexibility index (Phi) is 8.84. The van der Waals surface area contributed by atoms with Crippen LogP contribution in [0.3, 0.4) is 0 Å². The van der Waals surface area contributed by atoms with Gasteiger partial charge in [-0.2, -0.15) is 12.6 Å². The Labute approximate surface area is 122 Å². The van der Waals surface area contributed by atoms with Crippen LogP contribution >= 0.6 is 12.6 Å². The summed E-state index contributed by atoms with van der Waals surface area (Å²) in [5.41, 5.74) is 0. The fraction of sp³-hybridized carbons (Fsp3) is 0.909. The Balaban J connectivity index is 4.71. The van der Waals surface area contributed by atoms with Gasteiger partial charge in [0.1, 0.15) is 11.4 Å². The first-order chi connectivity index (χ1) is 8.65.